The molecule has 1 aromatic carbocycles. The number of alkyl halides is 3. The number of hydrogen-bond donors (Lipinski definition) is 2. The summed E-state index contributed by atoms with van der Waals surface area (Å²) >= 11 is 0. The van der Waals surface area contributed by atoms with Gasteiger partial charge in [-0.3, -0.25) is 4.79 Å². The number of nitrogens with one attached hydrogen (secondary N) is 1. The van der Waals surface area contributed by atoms with Gasteiger partial charge in [0.1, 0.15) is 5.75 Å². The first kappa shape index (κ1) is 28.6. The second-order valence-electron chi connectivity index (χ2n) is 6.76. The van der Waals surface area contributed by atoms with Crippen molar-refractivity contribution in [3.05, 3.63) is 24.3 Å². The molecule has 1 aromatic rings. The number of amides is 1. The second-order valence-corrected chi connectivity index (χ2v) is 8.69. The monoisotopic (exact) mass is 499 g/mol. The van der Waals surface area contributed by atoms with Gasteiger partial charge in [0.2, 0.25) is 15.9 Å². The van der Waals surface area contributed by atoms with Crippen molar-refractivity contribution in [3.63, 3.8) is 0 Å². The summed E-state index contributed by atoms with van der Waals surface area (Å²) in [7, 11) is -0.668. The van der Waals surface area contributed by atoms with Gasteiger partial charge in [0.05, 0.1) is 18.6 Å². The Hall–Kier alpha value is -2.42. The molecule has 1 aliphatic heterocycles. The Morgan fingerprint density at radius 1 is 1.12 bits per heavy atom. The van der Waals surface area contributed by atoms with E-state index in [0.29, 0.717) is 18.8 Å². The third-order valence-corrected chi connectivity index (χ3v) is 6.44. The second kappa shape index (κ2) is 13.3. The van der Waals surface area contributed by atoms with E-state index >= 15 is 0 Å². The molecule has 0 bridgehead atoms. The first-order valence-electron chi connectivity index (χ1n) is 9.85. The van der Waals surface area contributed by atoms with Gasteiger partial charge in [0.15, 0.2) is 0 Å². The number of carbonyl (C=O) groups excluding carboxylic acids is 1. The van der Waals surface area contributed by atoms with E-state index in [1.165, 1.54) is 30.7 Å². The summed E-state index contributed by atoms with van der Waals surface area (Å²) in [6, 6.07) is 6.22. The van der Waals surface area contributed by atoms with Crippen molar-refractivity contribution in [1.82, 2.24) is 14.5 Å². The number of nitrogens with zero attached hydrogens (tertiary/aromatic N) is 2. The fraction of sp³-hybridized carbons (Fsp3) is 0.579. The molecular weight excluding hydrogens is 471 g/mol. The van der Waals surface area contributed by atoms with E-state index in [2.05, 4.69) is 5.32 Å². The van der Waals surface area contributed by atoms with E-state index in [9.17, 15) is 26.4 Å². The Morgan fingerprint density at radius 2 is 1.67 bits per heavy atom. The highest BCUT2D eigenvalue weighted by atomic mass is 32.2. The lowest BCUT2D eigenvalue weighted by Gasteiger charge is -2.28. The van der Waals surface area contributed by atoms with Crippen molar-refractivity contribution in [2.45, 2.75) is 17.5 Å². The zero-order valence-corrected chi connectivity index (χ0v) is 19.1. The fourth-order valence-corrected chi connectivity index (χ4v) is 4.16. The van der Waals surface area contributed by atoms with Crippen LogP contribution < -0.4 is 10.1 Å². The highest BCUT2D eigenvalue weighted by molar-refractivity contribution is 7.89. The van der Waals surface area contributed by atoms with Crippen molar-refractivity contribution in [1.29, 1.82) is 0 Å². The summed E-state index contributed by atoms with van der Waals surface area (Å²) in [4.78, 5) is 23.2. The minimum absolute atomic E-state index is 0.0288. The summed E-state index contributed by atoms with van der Waals surface area (Å²) in [6.07, 6.45) is -4.93. The van der Waals surface area contributed by atoms with Crippen LogP contribution in [-0.2, 0) is 24.3 Å². The van der Waals surface area contributed by atoms with Crippen molar-refractivity contribution in [2.24, 2.45) is 0 Å². The van der Waals surface area contributed by atoms with Crippen LogP contribution in [0.2, 0.25) is 0 Å². The van der Waals surface area contributed by atoms with Crippen LogP contribution in [0.15, 0.2) is 29.2 Å². The highest BCUT2D eigenvalue weighted by Crippen LogP contribution is 2.20. The first-order valence-corrected chi connectivity index (χ1v) is 11.3. The van der Waals surface area contributed by atoms with Crippen LogP contribution >= 0.6 is 0 Å². The lowest BCUT2D eigenvalue weighted by molar-refractivity contribution is -0.192. The predicted octanol–water partition coefficient (Wildman–Crippen LogP) is 0.788. The van der Waals surface area contributed by atoms with Crippen LogP contribution in [0.4, 0.5) is 13.2 Å². The molecule has 1 heterocycles. The van der Waals surface area contributed by atoms with Gasteiger partial charge in [0, 0.05) is 52.8 Å². The minimum Gasteiger partial charge on any atom is -0.497 e. The third kappa shape index (κ3) is 9.53. The summed E-state index contributed by atoms with van der Waals surface area (Å²) in [6.45, 7) is 3.42. The summed E-state index contributed by atoms with van der Waals surface area (Å²) < 4.78 is 69.0. The van der Waals surface area contributed by atoms with E-state index in [4.69, 9.17) is 19.4 Å². The van der Waals surface area contributed by atoms with Gasteiger partial charge in [-0.05, 0) is 24.3 Å². The van der Waals surface area contributed by atoms with Gasteiger partial charge < -0.3 is 24.8 Å². The number of carboxylic acids is 1. The largest absolute Gasteiger partial charge is 0.497 e. The van der Waals surface area contributed by atoms with Crippen LogP contribution in [0, 0.1) is 0 Å². The Morgan fingerprint density at radius 3 is 2.12 bits per heavy atom. The molecule has 10 nitrogen and oxygen atoms in total. The molecule has 0 unspecified atom stereocenters. The lowest BCUT2D eigenvalue weighted by atomic mass is 10.3. The molecule has 0 aliphatic carbocycles. The normalized spacial score (nSPS) is 14.4. The average Bonchev–Trinajstić information content (AvgIpc) is 2.79. The molecule has 1 aliphatic rings. The molecule has 2 N–H and O–H groups in total. The molecule has 1 amide bonds. The Balaban J connectivity index is 0.000000675. The first-order chi connectivity index (χ1) is 15.4. The smallest absolute Gasteiger partial charge is 0.490 e. The molecular formula is C19H28F3N3O7S. The molecule has 188 valence electrons. The molecule has 1 fully saturated rings. The summed E-state index contributed by atoms with van der Waals surface area (Å²) in [5.41, 5.74) is 0. The Labute approximate surface area is 190 Å². The molecule has 14 heteroatoms. The molecule has 0 spiro atoms. The van der Waals surface area contributed by atoms with E-state index in [-0.39, 0.29) is 36.9 Å². The molecule has 0 radical (unpaired) electrons. The van der Waals surface area contributed by atoms with E-state index < -0.39 is 22.2 Å². The number of halogens is 3. The number of methoxy groups -OCH3 is 2. The van der Waals surface area contributed by atoms with Gasteiger partial charge in [0.25, 0.3) is 0 Å². The van der Waals surface area contributed by atoms with Gasteiger partial charge in [-0.15, -0.1) is 0 Å². The Kier molecular flexibility index (Phi) is 11.6. The topological polar surface area (TPSA) is 125 Å². The van der Waals surface area contributed by atoms with Gasteiger partial charge in [-0.2, -0.15) is 17.5 Å². The number of rotatable bonds is 9. The SMILES string of the molecule is COCCN(CCC(=O)N1CCNCC1)S(=O)(=O)c1ccc(OC)cc1.O=C(O)C(F)(F)F. The number of carboxylic acid groups (broad SMARTS) is 1. The van der Waals surface area contributed by atoms with Crippen molar-refractivity contribution in [2.75, 3.05) is 60.1 Å². The van der Waals surface area contributed by atoms with Gasteiger partial charge in [-0.25, -0.2) is 13.2 Å². The lowest BCUT2D eigenvalue weighted by Crippen LogP contribution is -2.47. The number of sulfonamides is 1. The van der Waals surface area contributed by atoms with Crippen LogP contribution in [-0.4, -0.2) is 101 Å². The maximum absolute atomic E-state index is 12.9. The van der Waals surface area contributed by atoms with Crippen LogP contribution in [0.3, 0.4) is 0 Å². The van der Waals surface area contributed by atoms with Gasteiger partial charge >= 0.3 is 12.1 Å². The molecule has 33 heavy (non-hydrogen) atoms. The molecule has 1 saturated heterocycles. The molecule has 0 atom stereocenters. The minimum atomic E-state index is -5.08. The van der Waals surface area contributed by atoms with Crippen LogP contribution in [0.1, 0.15) is 6.42 Å². The number of benzene rings is 1. The Bertz CT molecular complexity index is 858. The zero-order chi connectivity index (χ0) is 25.1. The van der Waals surface area contributed by atoms with Crippen LogP contribution in [0.25, 0.3) is 0 Å². The highest BCUT2D eigenvalue weighted by Gasteiger charge is 2.38. The van der Waals surface area contributed by atoms with Gasteiger partial charge in [-0.1, -0.05) is 0 Å². The quantitative estimate of drug-likeness (QED) is 0.511. The standard InChI is InChI=1S/C17H27N3O5S.C2HF3O2/c1-24-14-13-20(10-7-17(21)19-11-8-18-9-12-19)26(22,23)16-5-3-15(25-2)4-6-16;3-2(4,5)1(6)7/h3-6,18H,7-14H2,1-2H3;(H,6,7). The van der Waals surface area contributed by atoms with Crippen molar-refractivity contribution >= 4 is 21.9 Å². The maximum Gasteiger partial charge on any atom is 0.490 e. The van der Waals surface area contributed by atoms with Crippen molar-refractivity contribution < 1.29 is 45.8 Å². The summed E-state index contributed by atoms with van der Waals surface area (Å²) in [5.74, 6) is -2.20. The van der Waals surface area contributed by atoms with Crippen LogP contribution in [0.5, 0.6) is 5.75 Å². The molecule has 0 aromatic heterocycles. The van der Waals surface area contributed by atoms with E-state index in [0.717, 1.165) is 13.1 Å². The number of carbonyl (C=O) groups is 2. The number of ether oxygens (including phenoxy) is 2. The third-order valence-electron chi connectivity index (χ3n) is 4.53. The molecule has 0 saturated carbocycles. The number of aliphatic carboxylic acids is 1. The van der Waals surface area contributed by atoms with E-state index in [1.807, 2.05) is 0 Å². The average molecular weight is 500 g/mol. The maximum atomic E-state index is 12.9. The predicted molar refractivity (Wildman–Crippen MR) is 111 cm³/mol. The number of piperazine rings is 1. The van der Waals surface area contributed by atoms with E-state index in [1.54, 1.807) is 17.0 Å². The number of hydrogen-bond acceptors (Lipinski definition) is 7. The fourth-order valence-electron chi connectivity index (χ4n) is 2.73. The molecule has 2 rings (SSSR count). The zero-order valence-electron chi connectivity index (χ0n) is 18.3. The van der Waals surface area contributed by atoms with Crippen molar-refractivity contribution in [3.8, 4) is 5.75 Å². The summed E-state index contributed by atoms with van der Waals surface area (Å²) in [5, 5.41) is 10.3.